The van der Waals surface area contributed by atoms with Gasteiger partial charge in [-0.15, -0.1) is 0 Å². The zero-order valence-electron chi connectivity index (χ0n) is 13.4. The summed E-state index contributed by atoms with van der Waals surface area (Å²) in [6.07, 6.45) is 3.87. The Morgan fingerprint density at radius 1 is 1.30 bits per heavy atom. The highest BCUT2D eigenvalue weighted by Crippen LogP contribution is 2.43. The van der Waals surface area contributed by atoms with E-state index in [9.17, 15) is 0 Å². The molecule has 1 unspecified atom stereocenters. The second-order valence-corrected chi connectivity index (χ2v) is 6.85. The van der Waals surface area contributed by atoms with Gasteiger partial charge in [0.2, 0.25) is 0 Å². The third-order valence-corrected chi connectivity index (χ3v) is 4.31. The van der Waals surface area contributed by atoms with Crippen molar-refractivity contribution in [3.8, 4) is 0 Å². The predicted octanol–water partition coefficient (Wildman–Crippen LogP) is 4.10. The van der Waals surface area contributed by atoms with Crippen LogP contribution in [0, 0.1) is 5.41 Å². The van der Waals surface area contributed by atoms with Crippen molar-refractivity contribution < 1.29 is 4.74 Å². The minimum atomic E-state index is 0.327. The third kappa shape index (κ3) is 3.83. The zero-order valence-corrected chi connectivity index (χ0v) is 13.4. The molecule has 2 nitrogen and oxygen atoms in total. The Morgan fingerprint density at radius 3 is 2.80 bits per heavy atom. The summed E-state index contributed by atoms with van der Waals surface area (Å²) in [7, 11) is 0. The van der Waals surface area contributed by atoms with Crippen LogP contribution in [0.3, 0.4) is 0 Å². The van der Waals surface area contributed by atoms with Gasteiger partial charge >= 0.3 is 0 Å². The van der Waals surface area contributed by atoms with Gasteiger partial charge in [-0.1, -0.05) is 38.1 Å². The number of hydrogen-bond acceptors (Lipinski definition) is 2. The highest BCUT2D eigenvalue weighted by atomic mass is 16.5. The van der Waals surface area contributed by atoms with Gasteiger partial charge in [0.1, 0.15) is 0 Å². The van der Waals surface area contributed by atoms with E-state index in [1.165, 1.54) is 24.0 Å². The normalized spacial score (nSPS) is 20.9. The quantitative estimate of drug-likeness (QED) is 0.789. The van der Waals surface area contributed by atoms with E-state index in [2.05, 4.69) is 57.3 Å². The minimum absolute atomic E-state index is 0.327. The fourth-order valence-electron chi connectivity index (χ4n) is 3.09. The van der Waals surface area contributed by atoms with Gasteiger partial charge in [-0.3, -0.25) is 0 Å². The Hall–Kier alpha value is -0.860. The van der Waals surface area contributed by atoms with E-state index < -0.39 is 0 Å². The fourth-order valence-corrected chi connectivity index (χ4v) is 3.09. The molecule has 0 radical (unpaired) electrons. The van der Waals surface area contributed by atoms with Crippen molar-refractivity contribution in [2.24, 2.45) is 5.41 Å². The second kappa shape index (κ2) is 6.73. The van der Waals surface area contributed by atoms with Crippen LogP contribution in [0.5, 0.6) is 0 Å². The number of fused-ring (bicyclic) bond motifs is 1. The van der Waals surface area contributed by atoms with Gasteiger partial charge in [0.05, 0.1) is 6.10 Å². The molecule has 2 rings (SSSR count). The van der Waals surface area contributed by atoms with E-state index in [0.29, 0.717) is 17.6 Å². The molecular weight excluding hydrogens is 246 g/mol. The average Bonchev–Trinajstić information content (AvgIpc) is 2.40. The Balaban J connectivity index is 1.94. The molecule has 0 aromatic heterocycles. The van der Waals surface area contributed by atoms with Crippen LogP contribution in [0.1, 0.15) is 57.7 Å². The Labute approximate surface area is 123 Å². The zero-order chi connectivity index (χ0) is 14.6. The van der Waals surface area contributed by atoms with Crippen LogP contribution in [0.4, 0.5) is 0 Å². The number of hydrogen-bond donors (Lipinski definition) is 1. The van der Waals surface area contributed by atoms with Crippen molar-refractivity contribution in [2.75, 3.05) is 13.2 Å². The molecule has 1 atom stereocenters. The number of aryl methyl sites for hydroxylation is 1. The lowest BCUT2D eigenvalue weighted by atomic mass is 9.70. The van der Waals surface area contributed by atoms with Crippen LogP contribution >= 0.6 is 0 Å². The molecule has 0 saturated heterocycles. The summed E-state index contributed by atoms with van der Waals surface area (Å²) < 4.78 is 5.61. The number of ether oxygens (including phenoxy) is 1. The average molecular weight is 275 g/mol. The van der Waals surface area contributed by atoms with E-state index in [1.54, 1.807) is 0 Å². The molecule has 0 saturated carbocycles. The monoisotopic (exact) mass is 275 g/mol. The van der Waals surface area contributed by atoms with Gasteiger partial charge in [0.15, 0.2) is 0 Å². The highest BCUT2D eigenvalue weighted by Gasteiger charge is 2.34. The SMILES string of the molecule is CC(C)OCCCNC1c2ccccc2CCC1(C)C. The van der Waals surface area contributed by atoms with Gasteiger partial charge in [-0.05, 0) is 56.2 Å². The topological polar surface area (TPSA) is 21.3 Å². The fraction of sp³-hybridized carbons (Fsp3) is 0.667. The molecule has 0 fully saturated rings. The first-order valence-corrected chi connectivity index (χ1v) is 7.93. The van der Waals surface area contributed by atoms with Crippen LogP contribution in [-0.4, -0.2) is 19.3 Å². The van der Waals surface area contributed by atoms with Crippen molar-refractivity contribution in [3.63, 3.8) is 0 Å². The standard InChI is InChI=1S/C18H29NO/c1-14(2)20-13-7-12-19-17-16-9-6-5-8-15(16)10-11-18(17,3)4/h5-6,8-9,14,17,19H,7,10-13H2,1-4H3. The highest BCUT2D eigenvalue weighted by molar-refractivity contribution is 5.34. The lowest BCUT2D eigenvalue weighted by Crippen LogP contribution is -2.38. The van der Waals surface area contributed by atoms with Crippen LogP contribution < -0.4 is 5.32 Å². The molecule has 1 aromatic carbocycles. The molecule has 0 bridgehead atoms. The minimum Gasteiger partial charge on any atom is -0.379 e. The van der Waals surface area contributed by atoms with Crippen LogP contribution in [0.25, 0.3) is 0 Å². The summed E-state index contributed by atoms with van der Waals surface area (Å²) >= 11 is 0. The van der Waals surface area contributed by atoms with E-state index in [-0.39, 0.29) is 0 Å². The molecule has 1 aliphatic carbocycles. The van der Waals surface area contributed by atoms with Crippen molar-refractivity contribution in [1.29, 1.82) is 0 Å². The number of nitrogens with one attached hydrogen (secondary N) is 1. The van der Waals surface area contributed by atoms with Crippen molar-refractivity contribution in [1.82, 2.24) is 5.32 Å². The summed E-state index contributed by atoms with van der Waals surface area (Å²) in [5.74, 6) is 0. The Kier molecular flexibility index (Phi) is 5.22. The largest absolute Gasteiger partial charge is 0.379 e. The van der Waals surface area contributed by atoms with Gasteiger partial charge in [-0.2, -0.15) is 0 Å². The van der Waals surface area contributed by atoms with Gasteiger partial charge in [-0.25, -0.2) is 0 Å². The van der Waals surface area contributed by atoms with Gasteiger partial charge in [0, 0.05) is 12.6 Å². The van der Waals surface area contributed by atoms with E-state index in [0.717, 1.165) is 19.6 Å². The van der Waals surface area contributed by atoms with Gasteiger partial charge < -0.3 is 10.1 Å². The first kappa shape index (κ1) is 15.5. The molecule has 0 amide bonds. The van der Waals surface area contributed by atoms with Crippen molar-refractivity contribution >= 4 is 0 Å². The maximum absolute atomic E-state index is 5.61. The predicted molar refractivity (Wildman–Crippen MR) is 85.0 cm³/mol. The Bertz CT molecular complexity index is 425. The van der Waals surface area contributed by atoms with E-state index in [4.69, 9.17) is 4.74 Å². The summed E-state index contributed by atoms with van der Waals surface area (Å²) in [5, 5.41) is 3.76. The lowest BCUT2D eigenvalue weighted by molar-refractivity contribution is 0.0753. The molecule has 1 aliphatic rings. The smallest absolute Gasteiger partial charge is 0.0518 e. The molecule has 2 heteroatoms. The molecule has 0 aliphatic heterocycles. The summed E-state index contributed by atoms with van der Waals surface area (Å²) in [6.45, 7) is 10.8. The van der Waals surface area contributed by atoms with Crippen LogP contribution in [-0.2, 0) is 11.2 Å². The molecule has 112 valence electrons. The summed E-state index contributed by atoms with van der Waals surface area (Å²) in [5.41, 5.74) is 3.34. The second-order valence-electron chi connectivity index (χ2n) is 6.85. The summed E-state index contributed by atoms with van der Waals surface area (Å²) in [6, 6.07) is 9.35. The first-order valence-electron chi connectivity index (χ1n) is 7.93. The summed E-state index contributed by atoms with van der Waals surface area (Å²) in [4.78, 5) is 0. The molecule has 0 spiro atoms. The molecule has 1 N–H and O–H groups in total. The molecular formula is C18H29NO. The maximum atomic E-state index is 5.61. The van der Waals surface area contributed by atoms with Crippen molar-refractivity contribution in [2.45, 2.75) is 59.1 Å². The molecule has 1 aromatic rings. The molecule has 0 heterocycles. The number of rotatable bonds is 6. The van der Waals surface area contributed by atoms with E-state index >= 15 is 0 Å². The van der Waals surface area contributed by atoms with Crippen molar-refractivity contribution in [3.05, 3.63) is 35.4 Å². The first-order chi connectivity index (χ1) is 9.50. The third-order valence-electron chi connectivity index (χ3n) is 4.31. The van der Waals surface area contributed by atoms with Gasteiger partial charge in [0.25, 0.3) is 0 Å². The van der Waals surface area contributed by atoms with Crippen LogP contribution in [0.2, 0.25) is 0 Å². The number of benzene rings is 1. The van der Waals surface area contributed by atoms with E-state index in [1.807, 2.05) is 0 Å². The molecule has 20 heavy (non-hydrogen) atoms. The van der Waals surface area contributed by atoms with Crippen LogP contribution in [0.15, 0.2) is 24.3 Å². The Morgan fingerprint density at radius 2 is 2.05 bits per heavy atom. The maximum Gasteiger partial charge on any atom is 0.0518 e. The lowest BCUT2D eigenvalue weighted by Gasteiger charge is -2.40.